The zero-order valence-electron chi connectivity index (χ0n) is 21.2. The lowest BCUT2D eigenvalue weighted by Crippen LogP contribution is -2.40. The molecule has 190 valence electrons. The standard InChI is InChI=1S/C29H28N2O5S/c1-6-16-35-22-14-10-8-12-20(22)17-24-27(32)31-26(21-13-9-11-15-23(21)36-18(3)4)25(28(33)34-7-2)19(5)30-29(31)37-24/h1,8-15,17-18,26H,7,16H2,2-5H3/b24-17-/t26-/m0/s1. The summed E-state index contributed by atoms with van der Waals surface area (Å²) in [7, 11) is 0. The zero-order chi connectivity index (χ0) is 26.5. The van der Waals surface area contributed by atoms with Crippen LogP contribution >= 0.6 is 11.3 Å². The van der Waals surface area contributed by atoms with Gasteiger partial charge in [0.05, 0.1) is 28.5 Å². The van der Waals surface area contributed by atoms with Gasteiger partial charge >= 0.3 is 5.97 Å². The number of esters is 1. The van der Waals surface area contributed by atoms with Crippen LogP contribution in [0.3, 0.4) is 0 Å². The molecule has 1 aliphatic rings. The predicted octanol–water partition coefficient (Wildman–Crippen LogP) is 3.60. The second kappa shape index (κ2) is 11.3. The molecule has 0 bridgehead atoms. The summed E-state index contributed by atoms with van der Waals surface area (Å²) >= 11 is 1.24. The van der Waals surface area contributed by atoms with Crippen LogP contribution in [-0.2, 0) is 9.53 Å². The van der Waals surface area contributed by atoms with Crippen molar-refractivity contribution >= 4 is 23.4 Å². The number of ether oxygens (including phenoxy) is 3. The highest BCUT2D eigenvalue weighted by molar-refractivity contribution is 7.07. The molecule has 0 fully saturated rings. The Morgan fingerprint density at radius 2 is 1.89 bits per heavy atom. The van der Waals surface area contributed by atoms with Crippen molar-refractivity contribution in [2.45, 2.75) is 39.8 Å². The largest absolute Gasteiger partial charge is 0.491 e. The van der Waals surface area contributed by atoms with E-state index in [1.165, 1.54) is 11.3 Å². The van der Waals surface area contributed by atoms with Crippen LogP contribution in [0.1, 0.15) is 44.9 Å². The Bertz CT molecular complexity index is 1570. The molecule has 3 aromatic rings. The number of allylic oxidation sites excluding steroid dienone is 1. The quantitative estimate of drug-likeness (QED) is 0.338. The lowest BCUT2D eigenvalue weighted by molar-refractivity contribution is -0.139. The summed E-state index contributed by atoms with van der Waals surface area (Å²) in [5.41, 5.74) is 1.91. The highest BCUT2D eigenvalue weighted by atomic mass is 32.1. The number of benzene rings is 2. The van der Waals surface area contributed by atoms with Gasteiger partial charge in [0, 0.05) is 11.1 Å². The lowest BCUT2D eigenvalue weighted by atomic mass is 9.95. The monoisotopic (exact) mass is 516 g/mol. The Morgan fingerprint density at radius 3 is 2.59 bits per heavy atom. The first-order chi connectivity index (χ1) is 17.8. The van der Waals surface area contributed by atoms with Gasteiger partial charge in [0.2, 0.25) is 0 Å². The van der Waals surface area contributed by atoms with E-state index in [2.05, 4.69) is 10.9 Å². The minimum Gasteiger partial charge on any atom is -0.491 e. The van der Waals surface area contributed by atoms with E-state index in [1.807, 2.05) is 56.3 Å². The Kier molecular flexibility index (Phi) is 7.95. The summed E-state index contributed by atoms with van der Waals surface area (Å²) in [6, 6.07) is 14.0. The Morgan fingerprint density at radius 1 is 1.19 bits per heavy atom. The van der Waals surface area contributed by atoms with Gasteiger partial charge in [0.25, 0.3) is 5.56 Å². The summed E-state index contributed by atoms with van der Waals surface area (Å²) in [5.74, 6) is 3.09. The van der Waals surface area contributed by atoms with E-state index >= 15 is 0 Å². The number of nitrogens with zero attached hydrogens (tertiary/aromatic N) is 2. The molecule has 1 atom stereocenters. The number of thiazole rings is 1. The number of hydrogen-bond acceptors (Lipinski definition) is 7. The maximum absolute atomic E-state index is 13.9. The van der Waals surface area contributed by atoms with Crippen LogP contribution in [0.4, 0.5) is 0 Å². The highest BCUT2D eigenvalue weighted by Gasteiger charge is 2.35. The van der Waals surface area contributed by atoms with Crippen molar-refractivity contribution in [2.24, 2.45) is 4.99 Å². The van der Waals surface area contributed by atoms with Crippen LogP contribution in [0.15, 0.2) is 69.6 Å². The molecule has 1 aromatic heterocycles. The highest BCUT2D eigenvalue weighted by Crippen LogP contribution is 2.36. The first-order valence-electron chi connectivity index (χ1n) is 12.0. The molecule has 0 amide bonds. The van der Waals surface area contributed by atoms with E-state index in [0.717, 1.165) is 0 Å². The topological polar surface area (TPSA) is 79.1 Å². The molecule has 0 radical (unpaired) electrons. The third-order valence-corrected chi connectivity index (χ3v) is 6.59. The predicted molar refractivity (Wildman–Crippen MR) is 143 cm³/mol. The van der Waals surface area contributed by atoms with Gasteiger partial charge in [-0.1, -0.05) is 53.7 Å². The van der Waals surface area contributed by atoms with Crippen LogP contribution in [0.2, 0.25) is 0 Å². The van der Waals surface area contributed by atoms with Crippen molar-refractivity contribution in [3.05, 3.63) is 90.6 Å². The van der Waals surface area contributed by atoms with Gasteiger partial charge < -0.3 is 14.2 Å². The Labute approximate surface area is 219 Å². The van der Waals surface area contributed by atoms with Gasteiger partial charge in [0.1, 0.15) is 24.1 Å². The second-order valence-electron chi connectivity index (χ2n) is 8.54. The summed E-state index contributed by atoms with van der Waals surface area (Å²) in [6.07, 6.45) is 7.01. The second-order valence-corrected chi connectivity index (χ2v) is 9.55. The number of carbonyl (C=O) groups is 1. The number of fused-ring (bicyclic) bond motifs is 1. The van der Waals surface area contributed by atoms with Gasteiger partial charge in [-0.15, -0.1) is 6.42 Å². The normalized spacial score (nSPS) is 15.1. The van der Waals surface area contributed by atoms with Gasteiger partial charge in [-0.3, -0.25) is 9.36 Å². The van der Waals surface area contributed by atoms with Crippen LogP contribution < -0.4 is 24.4 Å². The Balaban J connectivity index is 1.96. The van der Waals surface area contributed by atoms with E-state index < -0.39 is 12.0 Å². The molecule has 2 heterocycles. The molecule has 7 nitrogen and oxygen atoms in total. The number of rotatable bonds is 8. The van der Waals surface area contributed by atoms with Crippen molar-refractivity contribution < 1.29 is 19.0 Å². The smallest absolute Gasteiger partial charge is 0.338 e. The average Bonchev–Trinajstić information content (AvgIpc) is 3.17. The van der Waals surface area contributed by atoms with Gasteiger partial charge in [-0.05, 0) is 45.9 Å². The summed E-state index contributed by atoms with van der Waals surface area (Å²) in [6.45, 7) is 7.66. The van der Waals surface area contributed by atoms with E-state index in [1.54, 1.807) is 30.6 Å². The third-order valence-electron chi connectivity index (χ3n) is 5.61. The van der Waals surface area contributed by atoms with Crippen molar-refractivity contribution in [2.75, 3.05) is 13.2 Å². The van der Waals surface area contributed by atoms with E-state index in [9.17, 15) is 9.59 Å². The van der Waals surface area contributed by atoms with Gasteiger partial charge in [-0.2, -0.15) is 0 Å². The number of para-hydroxylation sites is 2. The fraction of sp³-hybridized carbons (Fsp3) is 0.276. The molecule has 0 saturated heterocycles. The fourth-order valence-electron chi connectivity index (χ4n) is 4.15. The number of hydrogen-bond donors (Lipinski definition) is 0. The third kappa shape index (κ3) is 5.37. The van der Waals surface area contributed by atoms with E-state index in [0.29, 0.717) is 43.2 Å². The maximum atomic E-state index is 13.9. The molecule has 37 heavy (non-hydrogen) atoms. The average molecular weight is 517 g/mol. The van der Waals surface area contributed by atoms with Crippen LogP contribution in [0.5, 0.6) is 11.5 Å². The molecule has 0 unspecified atom stereocenters. The number of aromatic nitrogens is 1. The summed E-state index contributed by atoms with van der Waals surface area (Å²) in [4.78, 5) is 32.2. The fourth-order valence-corrected chi connectivity index (χ4v) is 5.18. The first-order valence-corrected chi connectivity index (χ1v) is 12.8. The molecule has 0 N–H and O–H groups in total. The van der Waals surface area contributed by atoms with E-state index in [-0.39, 0.29) is 24.9 Å². The van der Waals surface area contributed by atoms with Crippen LogP contribution in [0.25, 0.3) is 6.08 Å². The molecule has 2 aromatic carbocycles. The zero-order valence-corrected chi connectivity index (χ0v) is 22.0. The molecule has 0 aliphatic carbocycles. The molecule has 8 heteroatoms. The lowest BCUT2D eigenvalue weighted by Gasteiger charge is -2.26. The van der Waals surface area contributed by atoms with Crippen LogP contribution in [0, 0.1) is 12.3 Å². The molecule has 1 aliphatic heterocycles. The molecular formula is C29H28N2O5S. The number of carbonyl (C=O) groups excluding carboxylic acids is 1. The summed E-state index contributed by atoms with van der Waals surface area (Å²) in [5, 5.41) is 0. The molecule has 4 rings (SSSR count). The SMILES string of the molecule is C#CCOc1ccccc1/C=c1\sc2n(c1=O)[C@@H](c1ccccc1OC(C)C)C(C(=O)OCC)=C(C)N=2. The van der Waals surface area contributed by atoms with Crippen molar-refractivity contribution in [3.63, 3.8) is 0 Å². The maximum Gasteiger partial charge on any atom is 0.338 e. The minimum atomic E-state index is -0.764. The minimum absolute atomic E-state index is 0.104. The van der Waals surface area contributed by atoms with Crippen LogP contribution in [-0.4, -0.2) is 29.9 Å². The Hall–Kier alpha value is -4.09. The summed E-state index contributed by atoms with van der Waals surface area (Å²) < 4.78 is 19.1. The number of terminal acetylenes is 1. The van der Waals surface area contributed by atoms with Crippen molar-refractivity contribution in [1.82, 2.24) is 4.57 Å². The van der Waals surface area contributed by atoms with Crippen molar-refractivity contribution in [1.29, 1.82) is 0 Å². The van der Waals surface area contributed by atoms with Gasteiger partial charge in [0.15, 0.2) is 4.80 Å². The molecular weight excluding hydrogens is 488 g/mol. The van der Waals surface area contributed by atoms with Crippen molar-refractivity contribution in [3.8, 4) is 23.8 Å². The first kappa shape index (κ1) is 26.0. The van der Waals surface area contributed by atoms with Gasteiger partial charge in [-0.25, -0.2) is 9.79 Å². The molecule has 0 saturated carbocycles. The van der Waals surface area contributed by atoms with E-state index in [4.69, 9.17) is 20.6 Å². The molecule has 0 spiro atoms.